The molecule has 0 aromatic heterocycles. The Balaban J connectivity index is 3.05. The summed E-state index contributed by atoms with van der Waals surface area (Å²) in [6, 6.07) is 0.336. The van der Waals surface area contributed by atoms with E-state index in [0.29, 0.717) is 6.04 Å². The fraction of sp³-hybridized carbons (Fsp3) is 1.00. The lowest BCUT2D eigenvalue weighted by molar-refractivity contribution is 0.502. The normalized spacial score (nSPS) is 12.3. The minimum Gasteiger partial charge on any atom is -0.330 e. The van der Waals surface area contributed by atoms with Gasteiger partial charge in [0.05, 0.1) is 0 Å². The maximum atomic E-state index is 6.03. The molecule has 0 aliphatic carbocycles. The third-order valence-corrected chi connectivity index (χ3v) is 9.97. The Morgan fingerprint density at radius 2 is 0.465 bits per heavy atom. The number of hydrogen-bond acceptors (Lipinski definition) is 2. The molecule has 4 N–H and O–H groups in total. The molecule has 0 saturated carbocycles. The minimum absolute atomic E-state index is 0.336. The van der Waals surface area contributed by atoms with Crippen molar-refractivity contribution < 1.29 is 0 Å². The van der Waals surface area contributed by atoms with Gasteiger partial charge in [0, 0.05) is 6.04 Å². The van der Waals surface area contributed by atoms with Crippen LogP contribution in [0, 0.1) is 0 Å². The van der Waals surface area contributed by atoms with E-state index in [-0.39, 0.29) is 0 Å². The first-order valence-corrected chi connectivity index (χ1v) is 20.8. The standard InChI is InChI=1S/C41H86N2/c1-2-3-4-5-6-7-8-9-10-11-12-13-14-15-16-17-18-19-20-21-22-23-24-25-26-27-28-29-30-31-32-33-34-35-36-37-38-41(43)39-40-42/h41H,2-40,42-43H2,1H3. The second-order valence-electron chi connectivity index (χ2n) is 14.5. The highest BCUT2D eigenvalue weighted by Crippen LogP contribution is 2.17. The van der Waals surface area contributed by atoms with Gasteiger partial charge in [-0.3, -0.25) is 0 Å². The summed E-state index contributed by atoms with van der Waals surface area (Å²) in [6.07, 6.45) is 54.9. The lowest BCUT2D eigenvalue weighted by Gasteiger charge is -2.09. The van der Waals surface area contributed by atoms with Gasteiger partial charge >= 0.3 is 0 Å². The van der Waals surface area contributed by atoms with Crippen LogP contribution in [0.5, 0.6) is 0 Å². The molecule has 0 heterocycles. The van der Waals surface area contributed by atoms with Gasteiger partial charge in [-0.2, -0.15) is 0 Å². The van der Waals surface area contributed by atoms with Gasteiger partial charge in [0.1, 0.15) is 0 Å². The van der Waals surface area contributed by atoms with Crippen molar-refractivity contribution in [1.82, 2.24) is 0 Å². The molecule has 0 aromatic carbocycles. The van der Waals surface area contributed by atoms with Gasteiger partial charge in [0.25, 0.3) is 0 Å². The molecular formula is C41H86N2. The Morgan fingerprint density at radius 1 is 0.279 bits per heavy atom. The predicted octanol–water partition coefficient (Wildman–Crippen LogP) is 14.1. The summed E-state index contributed by atoms with van der Waals surface area (Å²) in [6.45, 7) is 3.05. The van der Waals surface area contributed by atoms with E-state index in [1.54, 1.807) is 0 Å². The van der Waals surface area contributed by atoms with Crippen LogP contribution in [0.25, 0.3) is 0 Å². The van der Waals surface area contributed by atoms with Crippen molar-refractivity contribution in [2.75, 3.05) is 6.54 Å². The van der Waals surface area contributed by atoms with Crippen molar-refractivity contribution in [3.63, 3.8) is 0 Å². The highest BCUT2D eigenvalue weighted by atomic mass is 14.6. The zero-order chi connectivity index (χ0) is 31.2. The lowest BCUT2D eigenvalue weighted by atomic mass is 10.0. The average molecular weight is 607 g/mol. The largest absolute Gasteiger partial charge is 0.330 e. The van der Waals surface area contributed by atoms with Gasteiger partial charge in [-0.05, 0) is 19.4 Å². The molecule has 0 rings (SSSR count). The first-order chi connectivity index (χ1) is 21.3. The third kappa shape index (κ3) is 39.9. The molecular weight excluding hydrogens is 520 g/mol. The van der Waals surface area contributed by atoms with E-state index in [4.69, 9.17) is 11.5 Å². The Labute approximate surface area is 274 Å². The predicted molar refractivity (Wildman–Crippen MR) is 198 cm³/mol. The Bertz CT molecular complexity index is 465. The van der Waals surface area contributed by atoms with Gasteiger partial charge in [-0.25, -0.2) is 0 Å². The molecule has 0 spiro atoms. The molecule has 0 aliphatic rings. The Hall–Kier alpha value is -0.0800. The topological polar surface area (TPSA) is 52.0 Å². The molecule has 0 fully saturated rings. The highest BCUT2D eigenvalue weighted by Gasteiger charge is 2.01. The van der Waals surface area contributed by atoms with Crippen LogP contribution >= 0.6 is 0 Å². The second-order valence-corrected chi connectivity index (χ2v) is 14.5. The summed E-state index contributed by atoms with van der Waals surface area (Å²) in [7, 11) is 0. The molecule has 0 amide bonds. The first kappa shape index (κ1) is 42.9. The quantitative estimate of drug-likeness (QED) is 0.0684. The van der Waals surface area contributed by atoms with Crippen molar-refractivity contribution >= 4 is 0 Å². The van der Waals surface area contributed by atoms with E-state index in [9.17, 15) is 0 Å². The maximum Gasteiger partial charge on any atom is 0.00508 e. The molecule has 1 atom stereocenters. The van der Waals surface area contributed by atoms with E-state index >= 15 is 0 Å². The summed E-state index contributed by atoms with van der Waals surface area (Å²) >= 11 is 0. The van der Waals surface area contributed by atoms with Crippen LogP contribution in [0.1, 0.15) is 251 Å². The molecule has 0 bridgehead atoms. The number of unbranched alkanes of at least 4 members (excludes halogenated alkanes) is 35. The molecule has 43 heavy (non-hydrogen) atoms. The SMILES string of the molecule is CCCCCCCCCCCCCCCCCCCCCCCCCCCCCCCCCCCCCCC(N)CCN. The Kier molecular flexibility index (Phi) is 39.9. The van der Waals surface area contributed by atoms with E-state index in [1.165, 1.54) is 231 Å². The van der Waals surface area contributed by atoms with Crippen LogP contribution in [0.4, 0.5) is 0 Å². The van der Waals surface area contributed by atoms with E-state index in [2.05, 4.69) is 6.92 Å². The van der Waals surface area contributed by atoms with Crippen molar-refractivity contribution in [2.24, 2.45) is 11.5 Å². The van der Waals surface area contributed by atoms with Crippen LogP contribution in [-0.4, -0.2) is 12.6 Å². The van der Waals surface area contributed by atoms with Crippen molar-refractivity contribution in [3.8, 4) is 0 Å². The number of rotatable bonds is 39. The molecule has 2 heteroatoms. The highest BCUT2D eigenvalue weighted by molar-refractivity contribution is 4.61. The van der Waals surface area contributed by atoms with Gasteiger partial charge < -0.3 is 11.5 Å². The summed E-state index contributed by atoms with van der Waals surface area (Å²) in [5.74, 6) is 0. The molecule has 0 aliphatic heterocycles. The number of nitrogens with two attached hydrogens (primary N) is 2. The fourth-order valence-electron chi connectivity index (χ4n) is 6.85. The summed E-state index contributed by atoms with van der Waals surface area (Å²) in [5, 5.41) is 0. The van der Waals surface area contributed by atoms with Gasteiger partial charge in [0.2, 0.25) is 0 Å². The summed E-state index contributed by atoms with van der Waals surface area (Å²) in [4.78, 5) is 0. The van der Waals surface area contributed by atoms with Gasteiger partial charge in [-0.1, -0.05) is 238 Å². The second kappa shape index (κ2) is 39.9. The maximum absolute atomic E-state index is 6.03. The van der Waals surface area contributed by atoms with Crippen molar-refractivity contribution in [3.05, 3.63) is 0 Å². The summed E-state index contributed by atoms with van der Waals surface area (Å²) < 4.78 is 0. The molecule has 0 aromatic rings. The van der Waals surface area contributed by atoms with Crippen LogP contribution in [0.3, 0.4) is 0 Å². The van der Waals surface area contributed by atoms with E-state index in [1.807, 2.05) is 0 Å². The molecule has 0 radical (unpaired) electrons. The van der Waals surface area contributed by atoms with Crippen LogP contribution in [0.2, 0.25) is 0 Å². The van der Waals surface area contributed by atoms with Crippen LogP contribution < -0.4 is 11.5 Å². The number of hydrogen-bond donors (Lipinski definition) is 2. The Morgan fingerprint density at radius 3 is 0.651 bits per heavy atom. The molecule has 260 valence electrons. The monoisotopic (exact) mass is 607 g/mol. The van der Waals surface area contributed by atoms with Crippen molar-refractivity contribution in [2.45, 2.75) is 257 Å². The van der Waals surface area contributed by atoms with Crippen LogP contribution in [-0.2, 0) is 0 Å². The van der Waals surface area contributed by atoms with E-state index < -0.39 is 0 Å². The van der Waals surface area contributed by atoms with E-state index in [0.717, 1.165) is 19.4 Å². The third-order valence-electron chi connectivity index (χ3n) is 9.97. The molecule has 0 saturated heterocycles. The average Bonchev–Trinajstić information content (AvgIpc) is 3.01. The molecule has 2 nitrogen and oxygen atoms in total. The minimum atomic E-state index is 0.336. The fourth-order valence-corrected chi connectivity index (χ4v) is 6.85. The zero-order valence-electron chi connectivity index (χ0n) is 30.3. The lowest BCUT2D eigenvalue weighted by Crippen LogP contribution is -2.23. The summed E-state index contributed by atoms with van der Waals surface area (Å²) in [5.41, 5.74) is 11.6. The smallest absolute Gasteiger partial charge is 0.00508 e. The molecule has 1 unspecified atom stereocenters. The van der Waals surface area contributed by atoms with Gasteiger partial charge in [0.15, 0.2) is 0 Å². The van der Waals surface area contributed by atoms with Gasteiger partial charge in [-0.15, -0.1) is 0 Å². The van der Waals surface area contributed by atoms with Crippen molar-refractivity contribution in [1.29, 1.82) is 0 Å². The zero-order valence-corrected chi connectivity index (χ0v) is 30.3. The first-order valence-electron chi connectivity index (χ1n) is 20.8. The van der Waals surface area contributed by atoms with Crippen LogP contribution in [0.15, 0.2) is 0 Å².